The fourth-order valence-electron chi connectivity index (χ4n) is 3.32. The molecular weight excluding hydrogens is 332 g/mol. The number of benzene rings is 1. The molecular formula is C19H18N4O3. The summed E-state index contributed by atoms with van der Waals surface area (Å²) in [5.41, 5.74) is 1.32. The zero-order valence-corrected chi connectivity index (χ0v) is 14.1. The van der Waals surface area contributed by atoms with Gasteiger partial charge in [0.15, 0.2) is 0 Å². The number of para-hydroxylation sites is 1. The third-order valence-corrected chi connectivity index (χ3v) is 4.50. The van der Waals surface area contributed by atoms with Crippen LogP contribution in [0.2, 0.25) is 0 Å². The Morgan fingerprint density at radius 3 is 2.65 bits per heavy atom. The summed E-state index contributed by atoms with van der Waals surface area (Å²) in [5.74, 6) is -0.182. The van der Waals surface area contributed by atoms with Crippen LogP contribution in [0.5, 0.6) is 5.75 Å². The van der Waals surface area contributed by atoms with Crippen molar-refractivity contribution >= 4 is 11.7 Å². The van der Waals surface area contributed by atoms with Gasteiger partial charge >= 0.3 is 0 Å². The average molecular weight is 350 g/mol. The van der Waals surface area contributed by atoms with Crippen LogP contribution in [0.1, 0.15) is 28.9 Å². The standard InChI is InChI=1S/C19H18N4O3/c24-14-9-10-16(20-12-14)21-18(25)17-15-8-4-5-11-22(15)23(19(17)26)13-6-2-1-3-7-13/h1-3,6-7,9-10,12,24H,4-5,8,11H2,(H,20,21,25). The summed E-state index contributed by atoms with van der Waals surface area (Å²) < 4.78 is 3.48. The number of hydrogen-bond donors (Lipinski definition) is 2. The van der Waals surface area contributed by atoms with E-state index in [1.54, 1.807) is 4.68 Å². The van der Waals surface area contributed by atoms with Crippen LogP contribution in [0.15, 0.2) is 53.5 Å². The zero-order chi connectivity index (χ0) is 18.1. The minimum absolute atomic E-state index is 0.00989. The number of nitrogens with zero attached hydrogens (tertiary/aromatic N) is 3. The van der Waals surface area contributed by atoms with E-state index in [0.717, 1.165) is 24.2 Å². The van der Waals surface area contributed by atoms with Crippen molar-refractivity contribution in [3.63, 3.8) is 0 Å². The van der Waals surface area contributed by atoms with Gasteiger partial charge in [0.05, 0.1) is 17.6 Å². The van der Waals surface area contributed by atoms with Crippen molar-refractivity contribution in [1.82, 2.24) is 14.3 Å². The average Bonchev–Trinajstić information content (AvgIpc) is 2.96. The number of rotatable bonds is 3. The van der Waals surface area contributed by atoms with Crippen molar-refractivity contribution in [3.8, 4) is 11.4 Å². The minimum Gasteiger partial charge on any atom is -0.506 e. The van der Waals surface area contributed by atoms with Crippen molar-refractivity contribution in [2.24, 2.45) is 0 Å². The van der Waals surface area contributed by atoms with E-state index in [4.69, 9.17) is 0 Å². The maximum absolute atomic E-state index is 13.1. The molecule has 0 aliphatic carbocycles. The number of hydrogen-bond acceptors (Lipinski definition) is 4. The van der Waals surface area contributed by atoms with E-state index < -0.39 is 5.91 Å². The molecule has 1 aliphatic heterocycles. The van der Waals surface area contributed by atoms with Gasteiger partial charge in [-0.3, -0.25) is 14.3 Å². The second kappa shape index (κ2) is 6.51. The number of anilines is 1. The molecule has 7 heteroatoms. The Morgan fingerprint density at radius 1 is 1.12 bits per heavy atom. The molecule has 0 radical (unpaired) electrons. The van der Waals surface area contributed by atoms with E-state index in [1.807, 2.05) is 35.0 Å². The molecule has 0 unspecified atom stereocenters. The molecule has 1 aromatic carbocycles. The number of fused-ring (bicyclic) bond motifs is 1. The van der Waals surface area contributed by atoms with Gasteiger partial charge in [-0.05, 0) is 43.5 Å². The van der Waals surface area contributed by atoms with Crippen molar-refractivity contribution < 1.29 is 9.90 Å². The Balaban J connectivity index is 1.79. The van der Waals surface area contributed by atoms with Gasteiger partial charge in [-0.1, -0.05) is 18.2 Å². The van der Waals surface area contributed by atoms with Crippen LogP contribution in [-0.4, -0.2) is 25.4 Å². The summed E-state index contributed by atoms with van der Waals surface area (Å²) in [6.45, 7) is 0.699. The first kappa shape index (κ1) is 16.1. The molecule has 1 amide bonds. The molecule has 132 valence electrons. The van der Waals surface area contributed by atoms with E-state index in [1.165, 1.54) is 18.3 Å². The first-order valence-corrected chi connectivity index (χ1v) is 8.51. The molecule has 3 aromatic rings. The highest BCUT2D eigenvalue weighted by Crippen LogP contribution is 2.21. The summed E-state index contributed by atoms with van der Waals surface area (Å²) in [6, 6.07) is 12.2. The van der Waals surface area contributed by atoms with Gasteiger partial charge in [-0.25, -0.2) is 9.67 Å². The Bertz CT molecular complexity index is 1000. The lowest BCUT2D eigenvalue weighted by atomic mass is 10.1. The first-order chi connectivity index (χ1) is 12.6. The number of pyridine rings is 1. The number of aromatic nitrogens is 3. The van der Waals surface area contributed by atoms with Gasteiger partial charge in [-0.2, -0.15) is 0 Å². The largest absolute Gasteiger partial charge is 0.506 e. The molecule has 3 heterocycles. The molecule has 4 rings (SSSR count). The molecule has 0 bridgehead atoms. The number of nitrogens with one attached hydrogen (secondary N) is 1. The van der Waals surface area contributed by atoms with Crippen LogP contribution in [0.3, 0.4) is 0 Å². The number of aromatic hydroxyl groups is 1. The van der Waals surface area contributed by atoms with Crippen LogP contribution < -0.4 is 10.9 Å². The SMILES string of the molecule is O=C(Nc1ccc(O)cn1)c1c2n(n(-c3ccccc3)c1=O)CCCC2. The summed E-state index contributed by atoms with van der Waals surface area (Å²) in [5, 5.41) is 12.0. The highest BCUT2D eigenvalue weighted by Gasteiger charge is 2.27. The molecule has 2 N–H and O–H groups in total. The lowest BCUT2D eigenvalue weighted by molar-refractivity contribution is 0.102. The van der Waals surface area contributed by atoms with Gasteiger partial charge < -0.3 is 10.4 Å². The van der Waals surface area contributed by atoms with Crippen LogP contribution in [0.25, 0.3) is 5.69 Å². The van der Waals surface area contributed by atoms with Gasteiger partial charge in [0.25, 0.3) is 11.5 Å². The molecule has 0 atom stereocenters. The highest BCUT2D eigenvalue weighted by molar-refractivity contribution is 6.04. The summed E-state index contributed by atoms with van der Waals surface area (Å²) >= 11 is 0. The Labute approximate surface area is 149 Å². The van der Waals surface area contributed by atoms with E-state index >= 15 is 0 Å². The Kier molecular flexibility index (Phi) is 4.04. The van der Waals surface area contributed by atoms with Gasteiger partial charge in [0.2, 0.25) is 0 Å². The van der Waals surface area contributed by atoms with Crippen LogP contribution >= 0.6 is 0 Å². The lowest BCUT2D eigenvalue weighted by Crippen LogP contribution is -2.26. The second-order valence-electron chi connectivity index (χ2n) is 6.21. The summed E-state index contributed by atoms with van der Waals surface area (Å²) in [7, 11) is 0. The van der Waals surface area contributed by atoms with Gasteiger partial charge in [-0.15, -0.1) is 0 Å². The molecule has 26 heavy (non-hydrogen) atoms. The second-order valence-corrected chi connectivity index (χ2v) is 6.21. The van der Waals surface area contributed by atoms with Crippen molar-refractivity contribution in [2.45, 2.75) is 25.8 Å². The minimum atomic E-state index is -0.478. The van der Waals surface area contributed by atoms with E-state index in [9.17, 15) is 14.7 Å². The van der Waals surface area contributed by atoms with E-state index in [0.29, 0.717) is 13.0 Å². The predicted molar refractivity (Wildman–Crippen MR) is 96.8 cm³/mol. The fourth-order valence-corrected chi connectivity index (χ4v) is 3.32. The van der Waals surface area contributed by atoms with Crippen LogP contribution in [0.4, 0.5) is 5.82 Å². The normalized spacial score (nSPS) is 13.2. The third kappa shape index (κ3) is 2.77. The maximum atomic E-state index is 13.1. The maximum Gasteiger partial charge on any atom is 0.284 e. The van der Waals surface area contributed by atoms with Crippen molar-refractivity contribution in [2.75, 3.05) is 5.32 Å². The fraction of sp³-hybridized carbons (Fsp3) is 0.211. The first-order valence-electron chi connectivity index (χ1n) is 8.51. The topological polar surface area (TPSA) is 89.2 Å². The van der Waals surface area contributed by atoms with Gasteiger partial charge in [0, 0.05) is 6.54 Å². The zero-order valence-electron chi connectivity index (χ0n) is 14.1. The number of amides is 1. The molecule has 0 saturated carbocycles. The number of carbonyl (C=O) groups excluding carboxylic acids is 1. The van der Waals surface area contributed by atoms with E-state index in [-0.39, 0.29) is 22.7 Å². The van der Waals surface area contributed by atoms with Crippen molar-refractivity contribution in [1.29, 1.82) is 0 Å². The monoisotopic (exact) mass is 350 g/mol. The number of carbonyl (C=O) groups is 1. The summed E-state index contributed by atoms with van der Waals surface area (Å²) in [4.78, 5) is 29.8. The smallest absolute Gasteiger partial charge is 0.284 e. The summed E-state index contributed by atoms with van der Waals surface area (Å²) in [6.07, 6.45) is 3.83. The Hall–Kier alpha value is -3.35. The predicted octanol–water partition coefficient (Wildman–Crippen LogP) is 2.33. The molecule has 7 nitrogen and oxygen atoms in total. The molecule has 0 saturated heterocycles. The molecule has 0 fully saturated rings. The lowest BCUT2D eigenvalue weighted by Gasteiger charge is -2.19. The quantitative estimate of drug-likeness (QED) is 0.759. The van der Waals surface area contributed by atoms with Crippen LogP contribution in [-0.2, 0) is 13.0 Å². The third-order valence-electron chi connectivity index (χ3n) is 4.50. The molecule has 2 aromatic heterocycles. The molecule has 0 spiro atoms. The van der Waals surface area contributed by atoms with Gasteiger partial charge in [0.1, 0.15) is 17.1 Å². The van der Waals surface area contributed by atoms with E-state index in [2.05, 4.69) is 10.3 Å². The van der Waals surface area contributed by atoms with Crippen LogP contribution in [0, 0.1) is 0 Å². The van der Waals surface area contributed by atoms with Crippen molar-refractivity contribution in [3.05, 3.63) is 70.3 Å². The highest BCUT2D eigenvalue weighted by atomic mass is 16.3. The molecule has 1 aliphatic rings. The Morgan fingerprint density at radius 2 is 1.92 bits per heavy atom.